The first kappa shape index (κ1) is 28.9. The molecule has 0 aliphatic carbocycles. The number of hydrogen-bond acceptors (Lipinski definition) is 7. The molecule has 1 heterocycles. The van der Waals surface area contributed by atoms with Crippen LogP contribution in [0.1, 0.15) is 12.0 Å². The van der Waals surface area contributed by atoms with Crippen molar-refractivity contribution in [1.29, 1.82) is 0 Å². The molecule has 3 rings (SSSR count). The number of anilines is 1. The zero-order valence-electron chi connectivity index (χ0n) is 19.3. The minimum absolute atomic E-state index is 0.0191. The zero-order valence-corrected chi connectivity index (χ0v) is 21.0. The van der Waals surface area contributed by atoms with Crippen LogP contribution >= 0.6 is 19.4 Å². The van der Waals surface area contributed by atoms with Gasteiger partial charge in [0.05, 0.1) is 17.7 Å². The monoisotopic (exact) mass is 559 g/mol. The van der Waals surface area contributed by atoms with E-state index < -0.39 is 44.3 Å². The Morgan fingerprint density at radius 3 is 2.68 bits per heavy atom. The lowest BCUT2D eigenvalue weighted by Gasteiger charge is -2.22. The van der Waals surface area contributed by atoms with E-state index in [4.69, 9.17) is 26.1 Å². The van der Waals surface area contributed by atoms with Crippen LogP contribution in [0.25, 0.3) is 10.8 Å². The fraction of sp³-hybridized carbons (Fsp3) is 0.304. The number of fused-ring (bicyclic) bond motifs is 1. The van der Waals surface area contributed by atoms with Gasteiger partial charge >= 0.3 is 13.9 Å². The molecule has 1 aromatic heterocycles. The summed E-state index contributed by atoms with van der Waals surface area (Å²) < 4.78 is 47.6. The molecule has 0 spiro atoms. The normalized spacial score (nSPS) is 13.4. The van der Waals surface area contributed by atoms with Crippen LogP contribution in [0.2, 0.25) is 5.02 Å². The number of carbonyl (C=O) groups excluding carboxylic acids is 1. The van der Waals surface area contributed by atoms with Crippen molar-refractivity contribution < 1.29 is 42.3 Å². The molecule has 5 N–H and O–H groups in total. The van der Waals surface area contributed by atoms with Gasteiger partial charge in [-0.05, 0) is 60.7 Å². The molecule has 0 radical (unpaired) electrons. The van der Waals surface area contributed by atoms with Gasteiger partial charge < -0.3 is 24.9 Å². The second kappa shape index (κ2) is 13.2. The molecule has 14 heteroatoms. The molecule has 3 aromatic rings. The topological polar surface area (TPSA) is 150 Å². The van der Waals surface area contributed by atoms with E-state index in [9.17, 15) is 23.2 Å². The fourth-order valence-electron chi connectivity index (χ4n) is 3.44. The Morgan fingerprint density at radius 1 is 1.14 bits per heavy atom. The van der Waals surface area contributed by atoms with Crippen molar-refractivity contribution in [2.24, 2.45) is 0 Å². The number of aliphatic hydroxyl groups is 1. The summed E-state index contributed by atoms with van der Waals surface area (Å²) in [7, 11) is -4.78. The SMILES string of the molecule is O=C(Nc1cc2cc(F)ccc2cn1)OC[C@H](C[C@H](O)COP(=O)(O)O)NCCc1cccc(F)c1Cl. The second-order valence-corrected chi connectivity index (χ2v) is 9.69. The van der Waals surface area contributed by atoms with E-state index in [1.807, 2.05) is 0 Å². The van der Waals surface area contributed by atoms with E-state index >= 15 is 0 Å². The highest BCUT2D eigenvalue weighted by atomic mass is 35.5. The molecular formula is C23H25ClF2N3O7P. The summed E-state index contributed by atoms with van der Waals surface area (Å²) in [5, 5.41) is 16.8. The number of rotatable bonds is 12. The van der Waals surface area contributed by atoms with Crippen molar-refractivity contribution in [2.75, 3.05) is 25.1 Å². The van der Waals surface area contributed by atoms with Crippen molar-refractivity contribution in [2.45, 2.75) is 25.0 Å². The summed E-state index contributed by atoms with van der Waals surface area (Å²) in [6.07, 6.45) is -0.497. The van der Waals surface area contributed by atoms with Gasteiger partial charge in [0, 0.05) is 17.6 Å². The summed E-state index contributed by atoms with van der Waals surface area (Å²) in [6.45, 7) is -0.650. The van der Waals surface area contributed by atoms with E-state index in [0.717, 1.165) is 0 Å². The summed E-state index contributed by atoms with van der Waals surface area (Å²) >= 11 is 5.96. The van der Waals surface area contributed by atoms with E-state index in [-0.39, 0.29) is 30.4 Å². The Hall–Kier alpha value is -2.70. The predicted octanol–water partition coefficient (Wildman–Crippen LogP) is 3.78. The molecule has 200 valence electrons. The molecule has 0 fully saturated rings. The molecule has 0 saturated heterocycles. The number of phosphoric acid groups is 1. The second-order valence-electron chi connectivity index (χ2n) is 8.07. The third-order valence-electron chi connectivity index (χ3n) is 5.18. The minimum Gasteiger partial charge on any atom is -0.448 e. The fourth-order valence-corrected chi connectivity index (χ4v) is 4.03. The first-order valence-electron chi connectivity index (χ1n) is 11.0. The maximum absolute atomic E-state index is 13.7. The Morgan fingerprint density at radius 2 is 1.92 bits per heavy atom. The highest BCUT2D eigenvalue weighted by molar-refractivity contribution is 7.46. The van der Waals surface area contributed by atoms with Gasteiger partial charge in [-0.2, -0.15) is 0 Å². The van der Waals surface area contributed by atoms with Crippen LogP contribution < -0.4 is 10.6 Å². The van der Waals surface area contributed by atoms with Gasteiger partial charge in [0.2, 0.25) is 0 Å². The van der Waals surface area contributed by atoms with Gasteiger partial charge in [0.1, 0.15) is 24.1 Å². The number of phosphoric ester groups is 1. The van der Waals surface area contributed by atoms with Crippen LogP contribution in [0.3, 0.4) is 0 Å². The average molecular weight is 560 g/mol. The average Bonchev–Trinajstić information content (AvgIpc) is 2.83. The van der Waals surface area contributed by atoms with Crippen LogP contribution in [0, 0.1) is 11.6 Å². The molecule has 1 amide bonds. The van der Waals surface area contributed by atoms with Crippen LogP contribution in [0.5, 0.6) is 0 Å². The number of pyridine rings is 1. The lowest BCUT2D eigenvalue weighted by molar-refractivity contribution is 0.0621. The standard InChI is InChI=1S/C23H25ClF2N3O7P/c24-22-14(2-1-3-20(22)26)6-7-27-18(10-19(30)13-36-37(32,33)34)12-35-23(31)29-21-9-16-8-17(25)5-4-15(16)11-28-21/h1-5,8-9,11,18-19,27,30H,6-7,10,12-13H2,(H,28,29,31)(H2,32,33,34)/t18-,19-/m0/s1. The Kier molecular flexibility index (Phi) is 10.3. The Labute approximate surface area is 215 Å². The first-order chi connectivity index (χ1) is 17.5. The number of halogens is 3. The molecular weight excluding hydrogens is 535 g/mol. The zero-order chi connectivity index (χ0) is 27.0. The number of aromatic nitrogens is 1. The van der Waals surface area contributed by atoms with Gasteiger partial charge in [-0.1, -0.05) is 23.7 Å². The third-order valence-corrected chi connectivity index (χ3v) is 6.09. The third kappa shape index (κ3) is 9.60. The molecule has 2 aromatic carbocycles. The van der Waals surface area contributed by atoms with Gasteiger partial charge in [-0.3, -0.25) is 9.84 Å². The minimum atomic E-state index is -4.78. The molecule has 37 heavy (non-hydrogen) atoms. The van der Waals surface area contributed by atoms with E-state index in [1.165, 1.54) is 36.5 Å². The lowest BCUT2D eigenvalue weighted by Crippen LogP contribution is -2.39. The summed E-state index contributed by atoms with van der Waals surface area (Å²) in [5.41, 5.74) is 0.538. The maximum Gasteiger partial charge on any atom is 0.469 e. The van der Waals surface area contributed by atoms with Crippen molar-refractivity contribution in [3.8, 4) is 0 Å². The largest absolute Gasteiger partial charge is 0.469 e. The number of ether oxygens (including phenoxy) is 1. The predicted molar refractivity (Wildman–Crippen MR) is 132 cm³/mol. The van der Waals surface area contributed by atoms with Crippen LogP contribution in [0.15, 0.2) is 48.7 Å². The molecule has 2 atom stereocenters. The quantitative estimate of drug-likeness (QED) is 0.209. The van der Waals surface area contributed by atoms with Crippen molar-refractivity contribution in [3.05, 3.63) is 70.9 Å². The number of carbonyl (C=O) groups is 1. The summed E-state index contributed by atoms with van der Waals surface area (Å²) in [4.78, 5) is 34.0. The number of benzene rings is 2. The van der Waals surface area contributed by atoms with E-state index in [0.29, 0.717) is 22.8 Å². The first-order valence-corrected chi connectivity index (χ1v) is 12.9. The number of nitrogens with one attached hydrogen (secondary N) is 2. The highest BCUT2D eigenvalue weighted by Gasteiger charge is 2.21. The summed E-state index contributed by atoms with van der Waals surface area (Å²) in [6, 6.07) is 9.33. The lowest BCUT2D eigenvalue weighted by atomic mass is 10.1. The van der Waals surface area contributed by atoms with Crippen LogP contribution in [-0.2, 0) is 20.2 Å². The molecule has 0 unspecified atom stereocenters. The number of amides is 1. The maximum atomic E-state index is 13.7. The number of aliphatic hydroxyl groups excluding tert-OH is 1. The van der Waals surface area contributed by atoms with Crippen LogP contribution in [0.4, 0.5) is 19.4 Å². The summed E-state index contributed by atoms with van der Waals surface area (Å²) in [5.74, 6) is -0.879. The van der Waals surface area contributed by atoms with Gasteiger partial charge in [-0.15, -0.1) is 0 Å². The number of hydrogen-bond donors (Lipinski definition) is 5. The molecule has 0 aliphatic rings. The van der Waals surface area contributed by atoms with Gasteiger partial charge in [0.25, 0.3) is 0 Å². The molecule has 0 saturated carbocycles. The highest BCUT2D eigenvalue weighted by Crippen LogP contribution is 2.35. The van der Waals surface area contributed by atoms with Crippen molar-refractivity contribution >= 4 is 42.1 Å². The molecule has 10 nitrogen and oxygen atoms in total. The van der Waals surface area contributed by atoms with Crippen LogP contribution in [-0.4, -0.2) is 57.9 Å². The van der Waals surface area contributed by atoms with E-state index in [2.05, 4.69) is 20.1 Å². The van der Waals surface area contributed by atoms with E-state index in [1.54, 1.807) is 12.1 Å². The van der Waals surface area contributed by atoms with Crippen molar-refractivity contribution in [1.82, 2.24) is 10.3 Å². The Bertz CT molecular complexity index is 1280. The molecule has 0 bridgehead atoms. The van der Waals surface area contributed by atoms with Gasteiger partial charge in [0.15, 0.2) is 0 Å². The Balaban J connectivity index is 1.58. The smallest absolute Gasteiger partial charge is 0.448 e. The van der Waals surface area contributed by atoms with Gasteiger partial charge in [-0.25, -0.2) is 23.1 Å². The van der Waals surface area contributed by atoms with Crippen molar-refractivity contribution in [3.63, 3.8) is 0 Å². The number of nitrogens with zero attached hydrogens (tertiary/aromatic N) is 1. The molecule has 0 aliphatic heterocycles.